The van der Waals surface area contributed by atoms with Crippen LogP contribution in [0.25, 0.3) is 0 Å². The van der Waals surface area contributed by atoms with Crippen molar-refractivity contribution in [1.29, 1.82) is 0 Å². The molecule has 0 unspecified atom stereocenters. The van der Waals surface area contributed by atoms with Crippen LogP contribution in [0, 0.1) is 0 Å². The lowest BCUT2D eigenvalue weighted by Crippen LogP contribution is -2.57. The summed E-state index contributed by atoms with van der Waals surface area (Å²) in [6.07, 6.45) is 1.72. The van der Waals surface area contributed by atoms with Gasteiger partial charge in [0.1, 0.15) is 11.5 Å². The van der Waals surface area contributed by atoms with Crippen LogP contribution in [0.1, 0.15) is 18.4 Å². The summed E-state index contributed by atoms with van der Waals surface area (Å²) in [5, 5.41) is 3.12. The molecule has 148 valence electrons. The zero-order valence-corrected chi connectivity index (χ0v) is 17.2. The van der Waals surface area contributed by atoms with Crippen LogP contribution in [0.3, 0.4) is 0 Å². The molecule has 0 aliphatic carbocycles. The first-order valence-corrected chi connectivity index (χ1v) is 10.0. The maximum absolute atomic E-state index is 13.0. The lowest BCUT2D eigenvalue weighted by atomic mass is 9.95. The second kappa shape index (κ2) is 8.92. The van der Waals surface area contributed by atoms with E-state index in [9.17, 15) is 13.2 Å². The van der Waals surface area contributed by atoms with Crippen LogP contribution in [-0.4, -0.2) is 64.6 Å². The van der Waals surface area contributed by atoms with Crippen molar-refractivity contribution in [3.63, 3.8) is 0 Å². The van der Waals surface area contributed by atoms with Gasteiger partial charge in [-0.3, -0.25) is 4.79 Å². The summed E-state index contributed by atoms with van der Waals surface area (Å²) in [6.45, 7) is 1.29. The van der Waals surface area contributed by atoms with E-state index < -0.39 is 14.6 Å². The number of amides is 1. The third kappa shape index (κ3) is 4.42. The second-order valence-corrected chi connectivity index (χ2v) is 8.68. The van der Waals surface area contributed by atoms with Gasteiger partial charge in [-0.15, -0.1) is 12.4 Å². The first kappa shape index (κ1) is 22.5. The summed E-state index contributed by atoms with van der Waals surface area (Å²) in [5.74, 6) is 0.882. The molecule has 1 aliphatic heterocycles. The van der Waals surface area contributed by atoms with Crippen molar-refractivity contribution in [3.05, 3.63) is 23.8 Å². The number of nitrogens with zero attached hydrogens (tertiary/aromatic N) is 1. The van der Waals surface area contributed by atoms with Crippen LogP contribution >= 0.6 is 12.4 Å². The van der Waals surface area contributed by atoms with Crippen molar-refractivity contribution in [2.75, 3.05) is 40.6 Å². The number of piperidine rings is 1. The minimum atomic E-state index is -3.53. The summed E-state index contributed by atoms with van der Waals surface area (Å²) in [5.41, 5.74) is 0.789. The van der Waals surface area contributed by atoms with Gasteiger partial charge in [0.2, 0.25) is 5.91 Å². The number of carbonyl (C=O) groups excluding carboxylic acids is 1. The van der Waals surface area contributed by atoms with Crippen molar-refractivity contribution >= 4 is 28.2 Å². The molecule has 0 radical (unpaired) electrons. The highest BCUT2D eigenvalue weighted by molar-refractivity contribution is 7.92. The zero-order chi connectivity index (χ0) is 18.7. The number of halogens is 1. The molecule has 1 fully saturated rings. The van der Waals surface area contributed by atoms with Crippen LogP contribution in [0.5, 0.6) is 11.5 Å². The quantitative estimate of drug-likeness (QED) is 0.765. The monoisotopic (exact) mass is 406 g/mol. The summed E-state index contributed by atoms with van der Waals surface area (Å²) in [4.78, 5) is 14.5. The van der Waals surface area contributed by atoms with Crippen LogP contribution in [0.4, 0.5) is 0 Å². The minimum absolute atomic E-state index is 0. The van der Waals surface area contributed by atoms with E-state index in [-0.39, 0.29) is 37.7 Å². The second-order valence-electron chi connectivity index (χ2n) is 6.36. The van der Waals surface area contributed by atoms with Gasteiger partial charge in [0, 0.05) is 31.5 Å². The van der Waals surface area contributed by atoms with Gasteiger partial charge in [-0.05, 0) is 38.1 Å². The topological polar surface area (TPSA) is 84.9 Å². The lowest BCUT2D eigenvalue weighted by Gasteiger charge is -2.37. The molecule has 1 amide bonds. The van der Waals surface area contributed by atoms with Crippen molar-refractivity contribution < 1.29 is 22.7 Å². The predicted molar refractivity (Wildman–Crippen MR) is 103 cm³/mol. The summed E-state index contributed by atoms with van der Waals surface area (Å²) in [6, 6.07) is 5.34. The number of hydrogen-bond donors (Lipinski definition) is 1. The van der Waals surface area contributed by atoms with Crippen LogP contribution < -0.4 is 14.8 Å². The smallest absolute Gasteiger partial charge is 0.244 e. The number of methoxy groups -OCH3 is 2. The van der Waals surface area contributed by atoms with Crippen LogP contribution in [0.15, 0.2) is 18.2 Å². The normalized spacial score (nSPS) is 16.3. The number of sulfone groups is 1. The first-order chi connectivity index (χ1) is 11.7. The van der Waals surface area contributed by atoms with Crippen molar-refractivity contribution in [2.45, 2.75) is 24.1 Å². The molecule has 1 saturated heterocycles. The van der Waals surface area contributed by atoms with Gasteiger partial charge in [-0.1, -0.05) is 0 Å². The molecule has 0 aromatic heterocycles. The largest absolute Gasteiger partial charge is 0.497 e. The number of benzene rings is 1. The summed E-state index contributed by atoms with van der Waals surface area (Å²) in [7, 11) is 1.21. The fraction of sp³-hybridized carbons (Fsp3) is 0.588. The molecule has 0 bridgehead atoms. The highest BCUT2D eigenvalue weighted by atomic mass is 35.5. The third-order valence-corrected chi connectivity index (χ3v) is 6.76. The number of ether oxygens (including phenoxy) is 2. The highest BCUT2D eigenvalue weighted by Crippen LogP contribution is 2.31. The van der Waals surface area contributed by atoms with Gasteiger partial charge >= 0.3 is 0 Å². The molecule has 0 atom stereocenters. The van der Waals surface area contributed by atoms with Crippen LogP contribution in [-0.2, 0) is 21.2 Å². The highest BCUT2D eigenvalue weighted by Gasteiger charge is 2.49. The van der Waals surface area contributed by atoms with Gasteiger partial charge in [-0.25, -0.2) is 8.42 Å². The molecule has 0 spiro atoms. The molecule has 1 aliphatic rings. The summed E-state index contributed by atoms with van der Waals surface area (Å²) < 4.78 is 34.0. The Balaban J connectivity index is 0.00000338. The average Bonchev–Trinajstić information content (AvgIpc) is 2.60. The van der Waals surface area contributed by atoms with E-state index in [0.29, 0.717) is 24.6 Å². The average molecular weight is 407 g/mol. The third-order valence-electron chi connectivity index (χ3n) is 4.76. The maximum atomic E-state index is 13.0. The molecule has 2 rings (SSSR count). The molecular formula is C17H27ClN2O5S. The Morgan fingerprint density at radius 1 is 1.23 bits per heavy atom. The molecule has 0 saturated carbocycles. The zero-order valence-electron chi connectivity index (χ0n) is 15.6. The minimum Gasteiger partial charge on any atom is -0.497 e. The van der Waals surface area contributed by atoms with Crippen LogP contribution in [0.2, 0.25) is 0 Å². The van der Waals surface area contributed by atoms with Crippen molar-refractivity contribution in [2.24, 2.45) is 0 Å². The Hall–Kier alpha value is -1.51. The molecule has 26 heavy (non-hydrogen) atoms. The first-order valence-electron chi connectivity index (χ1n) is 8.12. The van der Waals surface area contributed by atoms with Gasteiger partial charge in [0.15, 0.2) is 14.6 Å². The van der Waals surface area contributed by atoms with Gasteiger partial charge in [-0.2, -0.15) is 0 Å². The molecule has 1 aromatic carbocycles. The number of carbonyl (C=O) groups is 1. The Labute approximate surface area is 161 Å². The standard InChI is InChI=1S/C17H26N2O5S.ClH/c1-19(12-13-5-6-14(23-2)11-15(13)24-3)16(20)17(25(4,21)22)7-9-18-10-8-17;/h5-6,11,18H,7-10,12H2,1-4H3;1H. The maximum Gasteiger partial charge on any atom is 0.244 e. The van der Waals surface area contributed by atoms with E-state index in [1.54, 1.807) is 33.4 Å². The Kier molecular flexibility index (Phi) is 7.73. The van der Waals surface area contributed by atoms with E-state index in [0.717, 1.165) is 11.8 Å². The predicted octanol–water partition coefficient (Wildman–Crippen LogP) is 1.25. The molecule has 1 N–H and O–H groups in total. The van der Waals surface area contributed by atoms with E-state index in [1.165, 1.54) is 4.90 Å². The fourth-order valence-electron chi connectivity index (χ4n) is 3.23. The number of nitrogens with one attached hydrogen (secondary N) is 1. The van der Waals surface area contributed by atoms with Gasteiger partial charge < -0.3 is 19.7 Å². The molecule has 1 heterocycles. The molecular weight excluding hydrogens is 380 g/mol. The number of hydrogen-bond acceptors (Lipinski definition) is 6. The number of rotatable bonds is 6. The Bertz CT molecular complexity index is 733. The van der Waals surface area contributed by atoms with Gasteiger partial charge in [0.05, 0.1) is 14.2 Å². The van der Waals surface area contributed by atoms with Crippen molar-refractivity contribution in [1.82, 2.24) is 10.2 Å². The fourth-order valence-corrected chi connectivity index (χ4v) is 4.65. The molecule has 1 aromatic rings. The molecule has 7 nitrogen and oxygen atoms in total. The van der Waals surface area contributed by atoms with Crippen molar-refractivity contribution in [3.8, 4) is 11.5 Å². The van der Waals surface area contributed by atoms with E-state index in [1.807, 2.05) is 6.07 Å². The Morgan fingerprint density at radius 2 is 1.85 bits per heavy atom. The SMILES string of the molecule is COc1ccc(CN(C)C(=O)C2(S(C)(=O)=O)CCNCC2)c(OC)c1.Cl. The van der Waals surface area contributed by atoms with Gasteiger partial charge in [0.25, 0.3) is 0 Å². The van der Waals surface area contributed by atoms with E-state index in [2.05, 4.69) is 5.32 Å². The summed E-state index contributed by atoms with van der Waals surface area (Å²) >= 11 is 0. The lowest BCUT2D eigenvalue weighted by molar-refractivity contribution is -0.134. The van der Waals surface area contributed by atoms with E-state index >= 15 is 0 Å². The van der Waals surface area contributed by atoms with E-state index in [4.69, 9.17) is 9.47 Å². The Morgan fingerprint density at radius 3 is 2.35 bits per heavy atom. The molecule has 9 heteroatoms.